The zero-order chi connectivity index (χ0) is 21.2. The summed E-state index contributed by atoms with van der Waals surface area (Å²) in [6, 6.07) is 12.2. The van der Waals surface area contributed by atoms with Gasteiger partial charge in [0, 0.05) is 24.8 Å². The molecule has 0 spiro atoms. The Balaban J connectivity index is 1.35. The van der Waals surface area contributed by atoms with Gasteiger partial charge in [-0.05, 0) is 56.4 Å². The molecule has 2 aromatic heterocycles. The number of anilines is 2. The summed E-state index contributed by atoms with van der Waals surface area (Å²) >= 11 is 1.46. The highest BCUT2D eigenvalue weighted by molar-refractivity contribution is 7.99. The van der Waals surface area contributed by atoms with Gasteiger partial charge in [0.1, 0.15) is 5.76 Å². The Morgan fingerprint density at radius 1 is 1.13 bits per heavy atom. The van der Waals surface area contributed by atoms with Crippen LogP contribution in [-0.2, 0) is 17.8 Å². The van der Waals surface area contributed by atoms with Crippen molar-refractivity contribution < 1.29 is 9.21 Å². The number of amides is 1. The number of para-hydroxylation sites is 1. The molecular weight excluding hydrogens is 410 g/mol. The average Bonchev–Trinajstić information content (AvgIpc) is 3.51. The Morgan fingerprint density at radius 3 is 2.77 bits per heavy atom. The van der Waals surface area contributed by atoms with Crippen LogP contribution < -0.4 is 9.80 Å². The van der Waals surface area contributed by atoms with Crippen LogP contribution in [0.15, 0.2) is 52.2 Å². The zero-order valence-corrected chi connectivity index (χ0v) is 18.6. The van der Waals surface area contributed by atoms with Gasteiger partial charge >= 0.3 is 0 Å². The zero-order valence-electron chi connectivity index (χ0n) is 17.7. The number of carbonyl (C=O) groups excluding carboxylic acids is 1. The van der Waals surface area contributed by atoms with E-state index in [4.69, 9.17) is 4.42 Å². The summed E-state index contributed by atoms with van der Waals surface area (Å²) in [4.78, 5) is 17.4. The van der Waals surface area contributed by atoms with E-state index in [9.17, 15) is 4.79 Å². The third-order valence-corrected chi connectivity index (χ3v) is 6.98. The summed E-state index contributed by atoms with van der Waals surface area (Å²) in [5, 5.41) is 9.71. The van der Waals surface area contributed by atoms with Crippen LogP contribution in [0, 0.1) is 0 Å². The Hall–Kier alpha value is -2.74. The minimum absolute atomic E-state index is 0.106. The van der Waals surface area contributed by atoms with Gasteiger partial charge in [-0.1, -0.05) is 30.0 Å². The van der Waals surface area contributed by atoms with Crippen LogP contribution in [-0.4, -0.2) is 45.6 Å². The fraction of sp³-hybridized carbons (Fsp3) is 0.435. The van der Waals surface area contributed by atoms with Gasteiger partial charge in [-0.2, -0.15) is 0 Å². The molecule has 7 nitrogen and oxygen atoms in total. The van der Waals surface area contributed by atoms with Gasteiger partial charge in [0.15, 0.2) is 5.16 Å². The topological polar surface area (TPSA) is 67.4 Å². The molecule has 0 unspecified atom stereocenters. The number of hydrogen-bond donors (Lipinski definition) is 0. The smallest absolute Gasteiger partial charge is 0.237 e. The van der Waals surface area contributed by atoms with Crippen molar-refractivity contribution >= 4 is 29.3 Å². The Kier molecular flexibility index (Phi) is 5.72. The van der Waals surface area contributed by atoms with Crippen LogP contribution in [0.25, 0.3) is 0 Å². The highest BCUT2D eigenvalue weighted by atomic mass is 32.2. The lowest BCUT2D eigenvalue weighted by Crippen LogP contribution is -2.37. The second-order valence-electron chi connectivity index (χ2n) is 8.23. The van der Waals surface area contributed by atoms with Gasteiger partial charge in [-0.3, -0.25) is 9.36 Å². The highest BCUT2D eigenvalue weighted by Gasteiger charge is 2.31. The summed E-state index contributed by atoms with van der Waals surface area (Å²) in [5.74, 6) is 2.16. The molecule has 0 radical (unpaired) electrons. The molecule has 0 aliphatic carbocycles. The Labute approximate surface area is 186 Å². The number of furan rings is 1. The summed E-state index contributed by atoms with van der Waals surface area (Å²) in [6.45, 7) is 4.64. The summed E-state index contributed by atoms with van der Waals surface area (Å²) in [6.07, 6.45) is 6.18. The van der Waals surface area contributed by atoms with Crippen LogP contribution in [0.4, 0.5) is 11.6 Å². The number of nitrogens with zero attached hydrogens (tertiary/aromatic N) is 5. The molecule has 3 aromatic rings. The van der Waals surface area contributed by atoms with Gasteiger partial charge in [-0.15, -0.1) is 10.2 Å². The minimum Gasteiger partial charge on any atom is -0.467 e. The second kappa shape index (κ2) is 8.78. The van der Waals surface area contributed by atoms with E-state index in [0.29, 0.717) is 12.3 Å². The Bertz CT molecular complexity index is 1040. The molecule has 1 amide bonds. The van der Waals surface area contributed by atoms with Crippen molar-refractivity contribution in [3.63, 3.8) is 0 Å². The molecule has 0 N–H and O–H groups in total. The number of thioether (sulfide) groups is 1. The van der Waals surface area contributed by atoms with Crippen LogP contribution in [0.3, 0.4) is 0 Å². The van der Waals surface area contributed by atoms with Crippen LogP contribution in [0.1, 0.15) is 37.5 Å². The van der Waals surface area contributed by atoms with Gasteiger partial charge in [0.05, 0.1) is 18.6 Å². The third-order valence-electron chi connectivity index (χ3n) is 6.03. The molecule has 0 saturated carbocycles. The molecule has 8 heteroatoms. The first-order valence-corrected chi connectivity index (χ1v) is 11.9. The highest BCUT2D eigenvalue weighted by Crippen LogP contribution is 2.33. The fourth-order valence-corrected chi connectivity index (χ4v) is 5.35. The summed E-state index contributed by atoms with van der Waals surface area (Å²) in [7, 11) is 0. The Morgan fingerprint density at radius 2 is 1.97 bits per heavy atom. The predicted molar refractivity (Wildman–Crippen MR) is 122 cm³/mol. The monoisotopic (exact) mass is 437 g/mol. The molecule has 0 bridgehead atoms. The SMILES string of the molecule is C[C@@H]1Cc2ccccc2N1C(=O)CSc1nnc(N2CCCCC2)n1Cc1ccco1. The molecular formula is C23H27N5O2S. The maximum atomic E-state index is 13.1. The largest absolute Gasteiger partial charge is 0.467 e. The van der Waals surface area contributed by atoms with Crippen LogP contribution in [0.2, 0.25) is 0 Å². The maximum absolute atomic E-state index is 13.1. The van der Waals surface area contributed by atoms with E-state index in [-0.39, 0.29) is 11.9 Å². The molecule has 2 aliphatic heterocycles. The van der Waals surface area contributed by atoms with E-state index in [1.54, 1.807) is 6.26 Å². The maximum Gasteiger partial charge on any atom is 0.237 e. The van der Waals surface area contributed by atoms with E-state index < -0.39 is 0 Å². The summed E-state index contributed by atoms with van der Waals surface area (Å²) < 4.78 is 7.67. The number of piperidine rings is 1. The van der Waals surface area contributed by atoms with Gasteiger partial charge < -0.3 is 14.2 Å². The lowest BCUT2D eigenvalue weighted by molar-refractivity contribution is -0.116. The molecule has 4 heterocycles. The van der Waals surface area contributed by atoms with E-state index in [1.807, 2.05) is 35.2 Å². The van der Waals surface area contributed by atoms with Crippen molar-refractivity contribution in [2.75, 3.05) is 28.6 Å². The molecule has 5 rings (SSSR count). The lowest BCUT2D eigenvalue weighted by atomic mass is 10.1. The number of rotatable bonds is 6. The van der Waals surface area contributed by atoms with Gasteiger partial charge in [0.2, 0.25) is 11.9 Å². The second-order valence-corrected chi connectivity index (χ2v) is 9.17. The first-order valence-electron chi connectivity index (χ1n) is 10.9. The molecule has 2 aliphatic rings. The number of aromatic nitrogens is 3. The first-order chi connectivity index (χ1) is 15.2. The van der Waals surface area contributed by atoms with Crippen LogP contribution >= 0.6 is 11.8 Å². The fourth-order valence-electron chi connectivity index (χ4n) is 4.55. The molecule has 1 aromatic carbocycles. The van der Waals surface area contributed by atoms with Crippen molar-refractivity contribution in [2.45, 2.75) is 50.4 Å². The first kappa shape index (κ1) is 20.2. The average molecular weight is 438 g/mol. The molecule has 31 heavy (non-hydrogen) atoms. The van der Waals surface area contributed by atoms with Gasteiger partial charge in [-0.25, -0.2) is 0 Å². The number of fused-ring (bicyclic) bond motifs is 1. The van der Waals surface area contributed by atoms with Crippen molar-refractivity contribution in [3.8, 4) is 0 Å². The predicted octanol–water partition coefficient (Wildman–Crippen LogP) is 3.98. The van der Waals surface area contributed by atoms with Crippen molar-refractivity contribution in [1.82, 2.24) is 14.8 Å². The number of benzene rings is 1. The van der Waals surface area contributed by atoms with Gasteiger partial charge in [0.25, 0.3) is 0 Å². The van der Waals surface area contributed by atoms with E-state index >= 15 is 0 Å². The molecule has 1 fully saturated rings. The van der Waals surface area contributed by atoms with Crippen LogP contribution in [0.5, 0.6) is 0 Å². The number of carbonyl (C=O) groups is 1. The van der Waals surface area contributed by atoms with E-state index in [2.05, 4.69) is 32.7 Å². The number of hydrogen-bond acceptors (Lipinski definition) is 6. The summed E-state index contributed by atoms with van der Waals surface area (Å²) in [5.41, 5.74) is 2.27. The molecule has 162 valence electrons. The van der Waals surface area contributed by atoms with E-state index in [1.165, 1.54) is 36.6 Å². The standard InChI is InChI=1S/C23H27N5O2S/c1-17-14-18-8-3-4-10-20(18)28(17)21(29)16-31-23-25-24-22(26-11-5-2-6-12-26)27(23)15-19-9-7-13-30-19/h3-4,7-10,13,17H,2,5-6,11-12,14-16H2,1H3/t17-/m1/s1. The lowest BCUT2D eigenvalue weighted by Gasteiger charge is -2.27. The van der Waals surface area contributed by atoms with Crippen molar-refractivity contribution in [2.24, 2.45) is 0 Å². The normalized spacial score (nSPS) is 18.4. The van der Waals surface area contributed by atoms with Crippen molar-refractivity contribution in [1.29, 1.82) is 0 Å². The van der Waals surface area contributed by atoms with E-state index in [0.717, 1.165) is 42.1 Å². The quantitative estimate of drug-likeness (QED) is 0.544. The third kappa shape index (κ3) is 4.08. The molecule has 1 saturated heterocycles. The molecule has 1 atom stereocenters. The van der Waals surface area contributed by atoms with Crippen molar-refractivity contribution in [3.05, 3.63) is 54.0 Å². The minimum atomic E-state index is 0.106.